The number of hydrogen-bond donors (Lipinski definition) is 1. The van der Waals surface area contributed by atoms with Crippen molar-refractivity contribution in [3.05, 3.63) is 76.7 Å². The normalized spacial score (nSPS) is 15.3. The molecule has 1 aromatic heterocycles. The van der Waals surface area contributed by atoms with Gasteiger partial charge in [-0.3, -0.25) is 9.69 Å². The molecule has 1 N–H and O–H groups in total. The monoisotopic (exact) mass is 409 g/mol. The molecule has 1 aliphatic heterocycles. The first kappa shape index (κ1) is 20.0. The number of carbonyl (C=O) groups is 1. The third kappa shape index (κ3) is 4.18. The first-order valence-corrected chi connectivity index (χ1v) is 10.0. The highest BCUT2D eigenvalue weighted by atomic mass is 19.1. The van der Waals surface area contributed by atoms with Crippen LogP contribution in [-0.4, -0.2) is 44.8 Å². The van der Waals surface area contributed by atoms with Crippen LogP contribution in [0.5, 0.6) is 0 Å². The summed E-state index contributed by atoms with van der Waals surface area (Å²) in [5.74, 6) is 0.199. The quantitative estimate of drug-likeness (QED) is 0.703. The molecule has 4 rings (SSSR count). The van der Waals surface area contributed by atoms with Gasteiger partial charge in [0.25, 0.3) is 0 Å². The van der Waals surface area contributed by atoms with Gasteiger partial charge < -0.3 is 5.32 Å². The van der Waals surface area contributed by atoms with E-state index < -0.39 is 5.82 Å². The number of carbonyl (C=O) groups excluding carboxylic acids is 1. The van der Waals surface area contributed by atoms with Crippen molar-refractivity contribution in [2.24, 2.45) is 7.05 Å². The Bertz CT molecular complexity index is 1080. The number of hydrogen-bond acceptors (Lipinski definition) is 4. The van der Waals surface area contributed by atoms with E-state index in [9.17, 15) is 14.0 Å². The van der Waals surface area contributed by atoms with Gasteiger partial charge in [-0.15, -0.1) is 0 Å². The third-order valence-electron chi connectivity index (χ3n) is 5.43. The largest absolute Gasteiger partial charge is 0.350 e. The summed E-state index contributed by atoms with van der Waals surface area (Å²) >= 11 is 0. The second kappa shape index (κ2) is 8.62. The number of para-hydroxylation sites is 2. The molecule has 30 heavy (non-hydrogen) atoms. The second-order valence-corrected chi connectivity index (χ2v) is 7.51. The Morgan fingerprint density at radius 3 is 2.47 bits per heavy atom. The maximum Gasteiger partial charge on any atom is 0.350 e. The van der Waals surface area contributed by atoms with Crippen LogP contribution < -0.4 is 11.0 Å². The number of amides is 1. The van der Waals surface area contributed by atoms with E-state index in [1.54, 1.807) is 29.8 Å². The van der Waals surface area contributed by atoms with Crippen molar-refractivity contribution in [2.45, 2.75) is 18.8 Å². The Labute approximate surface area is 173 Å². The highest BCUT2D eigenvalue weighted by molar-refractivity contribution is 5.92. The van der Waals surface area contributed by atoms with Crippen molar-refractivity contribution >= 4 is 11.6 Å². The Kier molecular flexibility index (Phi) is 5.76. The van der Waals surface area contributed by atoms with Crippen LogP contribution in [0.4, 0.5) is 10.1 Å². The minimum absolute atomic E-state index is 0.130. The number of aryl methyl sites for hydroxylation is 1. The second-order valence-electron chi connectivity index (χ2n) is 7.51. The summed E-state index contributed by atoms with van der Waals surface area (Å²) in [4.78, 5) is 26.9. The lowest BCUT2D eigenvalue weighted by Crippen LogP contribution is -2.39. The van der Waals surface area contributed by atoms with Gasteiger partial charge in [-0.05, 0) is 50.2 Å². The van der Waals surface area contributed by atoms with Crippen LogP contribution in [0, 0.1) is 5.82 Å². The summed E-state index contributed by atoms with van der Waals surface area (Å²) in [6.07, 6.45) is 1.58. The van der Waals surface area contributed by atoms with Gasteiger partial charge in [0.05, 0.1) is 17.9 Å². The molecule has 156 valence electrons. The molecule has 0 spiro atoms. The average Bonchev–Trinajstić information content (AvgIpc) is 3.05. The lowest BCUT2D eigenvalue weighted by Gasteiger charge is -2.31. The van der Waals surface area contributed by atoms with Crippen molar-refractivity contribution in [1.82, 2.24) is 19.2 Å². The minimum Gasteiger partial charge on any atom is -0.322 e. The molecule has 3 aromatic rings. The number of anilines is 1. The Balaban J connectivity index is 1.41. The summed E-state index contributed by atoms with van der Waals surface area (Å²) in [6, 6.07) is 15.6. The van der Waals surface area contributed by atoms with Crippen LogP contribution in [0.25, 0.3) is 5.69 Å². The van der Waals surface area contributed by atoms with E-state index in [0.29, 0.717) is 13.1 Å². The maximum absolute atomic E-state index is 13.7. The van der Waals surface area contributed by atoms with Crippen molar-refractivity contribution in [2.75, 3.05) is 25.0 Å². The number of piperidine rings is 1. The standard InChI is InChI=1S/C22H24FN5O2/c1-26-22(30)28(17-7-3-2-4-8-17)21(25-26)16-11-13-27(14-12-16)15-20(29)24-19-10-6-5-9-18(19)23/h2-10,16H,11-15H2,1H3,(H,24,29). The highest BCUT2D eigenvalue weighted by Crippen LogP contribution is 2.27. The zero-order valence-corrected chi connectivity index (χ0v) is 16.8. The molecule has 0 bridgehead atoms. The molecule has 2 heterocycles. The topological polar surface area (TPSA) is 72.2 Å². The van der Waals surface area contributed by atoms with E-state index in [1.165, 1.54) is 10.7 Å². The SMILES string of the molecule is Cn1nc(C2CCN(CC(=O)Nc3ccccc3F)CC2)n(-c2ccccc2)c1=O. The molecule has 0 saturated carbocycles. The van der Waals surface area contributed by atoms with Gasteiger partial charge >= 0.3 is 5.69 Å². The van der Waals surface area contributed by atoms with Gasteiger partial charge in [0.2, 0.25) is 5.91 Å². The van der Waals surface area contributed by atoms with E-state index in [0.717, 1.165) is 24.4 Å². The van der Waals surface area contributed by atoms with Gasteiger partial charge in [0.15, 0.2) is 0 Å². The molecule has 1 saturated heterocycles. The third-order valence-corrected chi connectivity index (χ3v) is 5.43. The number of rotatable bonds is 5. The van der Waals surface area contributed by atoms with Crippen molar-refractivity contribution in [3.63, 3.8) is 0 Å². The molecule has 0 radical (unpaired) electrons. The summed E-state index contributed by atoms with van der Waals surface area (Å²) in [7, 11) is 1.66. The number of likely N-dealkylation sites (tertiary alicyclic amines) is 1. The summed E-state index contributed by atoms with van der Waals surface area (Å²) < 4.78 is 16.8. The molecule has 2 aromatic carbocycles. The van der Waals surface area contributed by atoms with Crippen LogP contribution >= 0.6 is 0 Å². The molecular weight excluding hydrogens is 385 g/mol. The van der Waals surface area contributed by atoms with E-state index in [1.807, 2.05) is 35.2 Å². The lowest BCUT2D eigenvalue weighted by molar-refractivity contribution is -0.117. The summed E-state index contributed by atoms with van der Waals surface area (Å²) in [5.41, 5.74) is 0.831. The molecule has 7 nitrogen and oxygen atoms in total. The van der Waals surface area contributed by atoms with Crippen LogP contribution in [0.15, 0.2) is 59.4 Å². The van der Waals surface area contributed by atoms with Crippen LogP contribution in [-0.2, 0) is 11.8 Å². The molecule has 1 amide bonds. The fourth-order valence-corrected chi connectivity index (χ4v) is 3.87. The van der Waals surface area contributed by atoms with Crippen molar-refractivity contribution < 1.29 is 9.18 Å². The highest BCUT2D eigenvalue weighted by Gasteiger charge is 2.27. The lowest BCUT2D eigenvalue weighted by atomic mass is 9.95. The zero-order valence-electron chi connectivity index (χ0n) is 16.8. The fraction of sp³-hybridized carbons (Fsp3) is 0.318. The predicted molar refractivity (Wildman–Crippen MR) is 112 cm³/mol. The fourth-order valence-electron chi connectivity index (χ4n) is 3.87. The number of nitrogens with one attached hydrogen (secondary N) is 1. The van der Waals surface area contributed by atoms with Gasteiger partial charge in [0, 0.05) is 13.0 Å². The number of halogens is 1. The molecule has 0 atom stereocenters. The van der Waals surface area contributed by atoms with Crippen LogP contribution in [0.3, 0.4) is 0 Å². The average molecular weight is 409 g/mol. The summed E-state index contributed by atoms with van der Waals surface area (Å²) in [5, 5.41) is 7.11. The molecule has 0 aliphatic carbocycles. The van der Waals surface area contributed by atoms with Gasteiger partial charge in [0.1, 0.15) is 11.6 Å². The van der Waals surface area contributed by atoms with Gasteiger partial charge in [-0.2, -0.15) is 5.10 Å². The van der Waals surface area contributed by atoms with E-state index >= 15 is 0 Å². The van der Waals surface area contributed by atoms with Crippen molar-refractivity contribution in [3.8, 4) is 5.69 Å². The Morgan fingerprint density at radius 2 is 1.77 bits per heavy atom. The summed E-state index contributed by atoms with van der Waals surface area (Å²) in [6.45, 7) is 1.61. The minimum atomic E-state index is -0.446. The van der Waals surface area contributed by atoms with E-state index in [-0.39, 0.29) is 29.7 Å². The van der Waals surface area contributed by atoms with Crippen molar-refractivity contribution in [1.29, 1.82) is 0 Å². The molecule has 1 aliphatic rings. The Hall–Kier alpha value is -3.26. The zero-order chi connectivity index (χ0) is 21.1. The van der Waals surface area contributed by atoms with Gasteiger partial charge in [-0.1, -0.05) is 30.3 Å². The first-order chi connectivity index (χ1) is 14.5. The van der Waals surface area contributed by atoms with E-state index in [4.69, 9.17) is 0 Å². The predicted octanol–water partition coefficient (Wildman–Crippen LogP) is 2.53. The smallest absolute Gasteiger partial charge is 0.322 e. The van der Waals surface area contributed by atoms with Crippen LogP contribution in [0.1, 0.15) is 24.6 Å². The molecule has 0 unspecified atom stereocenters. The number of benzene rings is 2. The molecule has 8 heteroatoms. The van der Waals surface area contributed by atoms with E-state index in [2.05, 4.69) is 10.4 Å². The van der Waals surface area contributed by atoms with Gasteiger partial charge in [-0.25, -0.2) is 18.4 Å². The molecule has 1 fully saturated rings. The Morgan fingerprint density at radius 1 is 1.10 bits per heavy atom. The maximum atomic E-state index is 13.7. The number of nitrogens with zero attached hydrogens (tertiary/aromatic N) is 4. The first-order valence-electron chi connectivity index (χ1n) is 10.0. The van der Waals surface area contributed by atoms with Crippen LogP contribution in [0.2, 0.25) is 0 Å². The number of aromatic nitrogens is 3. The molecular formula is C22H24FN5O2.